The lowest BCUT2D eigenvalue weighted by molar-refractivity contribution is -0.114. The van der Waals surface area contributed by atoms with E-state index in [1.165, 1.54) is 0 Å². The molecular weight excluding hydrogens is 457 g/mol. The van der Waals surface area contributed by atoms with Gasteiger partial charge in [-0.2, -0.15) is 10.2 Å². The number of fused-ring (bicyclic) bond motifs is 2. The maximum atomic E-state index is 14.6. The van der Waals surface area contributed by atoms with E-state index in [-0.39, 0.29) is 23.1 Å². The van der Waals surface area contributed by atoms with Crippen LogP contribution >= 0.6 is 0 Å². The van der Waals surface area contributed by atoms with E-state index in [1.807, 2.05) is 48.2 Å². The van der Waals surface area contributed by atoms with Gasteiger partial charge < -0.3 is 20.4 Å². The SMILES string of the molecule is CN(C)C/C=C/C(=O)N1CC2(CC2)c2ccc(Nc3nc(Nc4ccc(C#N)cc4)ncc3F)cc21. The summed E-state index contributed by atoms with van der Waals surface area (Å²) in [5.74, 6) is -0.422. The number of hydrogen-bond donors (Lipinski definition) is 2. The van der Waals surface area contributed by atoms with E-state index in [0.29, 0.717) is 30.0 Å². The normalized spacial score (nSPS) is 15.2. The van der Waals surface area contributed by atoms with Crippen molar-refractivity contribution in [2.75, 3.05) is 42.7 Å². The molecule has 1 aliphatic carbocycles. The topological polar surface area (TPSA) is 97.2 Å². The third-order valence-electron chi connectivity index (χ3n) is 6.45. The van der Waals surface area contributed by atoms with E-state index >= 15 is 0 Å². The quantitative estimate of drug-likeness (QED) is 0.479. The fraction of sp³-hybridized carbons (Fsp3) is 0.259. The van der Waals surface area contributed by atoms with Gasteiger partial charge in [0, 0.05) is 41.6 Å². The second-order valence-corrected chi connectivity index (χ2v) is 9.43. The fourth-order valence-corrected chi connectivity index (χ4v) is 4.39. The predicted molar refractivity (Wildman–Crippen MR) is 137 cm³/mol. The zero-order chi connectivity index (χ0) is 25.3. The van der Waals surface area contributed by atoms with Crippen molar-refractivity contribution in [2.45, 2.75) is 18.3 Å². The summed E-state index contributed by atoms with van der Waals surface area (Å²) in [5.41, 5.74) is 3.89. The van der Waals surface area contributed by atoms with E-state index < -0.39 is 5.82 Å². The first kappa shape index (κ1) is 23.5. The van der Waals surface area contributed by atoms with E-state index in [1.54, 1.807) is 30.3 Å². The molecule has 0 bridgehead atoms. The molecule has 5 rings (SSSR count). The Labute approximate surface area is 209 Å². The first-order valence-corrected chi connectivity index (χ1v) is 11.7. The maximum Gasteiger partial charge on any atom is 0.250 e. The molecule has 182 valence electrons. The molecule has 8 nitrogen and oxygen atoms in total. The number of carbonyl (C=O) groups is 1. The van der Waals surface area contributed by atoms with Gasteiger partial charge in [-0.1, -0.05) is 12.1 Å². The van der Waals surface area contributed by atoms with Crippen molar-refractivity contribution >= 4 is 34.7 Å². The van der Waals surface area contributed by atoms with Crippen LogP contribution in [0.3, 0.4) is 0 Å². The number of likely N-dealkylation sites (N-methyl/N-ethyl adjacent to an activating group) is 1. The van der Waals surface area contributed by atoms with Crippen molar-refractivity contribution in [3.63, 3.8) is 0 Å². The van der Waals surface area contributed by atoms with Crippen molar-refractivity contribution < 1.29 is 9.18 Å². The van der Waals surface area contributed by atoms with Gasteiger partial charge in [-0.05, 0) is 68.9 Å². The van der Waals surface area contributed by atoms with Crippen LogP contribution in [-0.2, 0) is 10.2 Å². The van der Waals surface area contributed by atoms with Crippen LogP contribution in [0.2, 0.25) is 0 Å². The highest BCUT2D eigenvalue weighted by atomic mass is 19.1. The zero-order valence-electron chi connectivity index (χ0n) is 20.1. The minimum absolute atomic E-state index is 0.0176. The molecular formula is C27H26FN7O. The number of nitriles is 1. The predicted octanol–water partition coefficient (Wildman–Crippen LogP) is 4.47. The van der Waals surface area contributed by atoms with Gasteiger partial charge in [0.2, 0.25) is 5.95 Å². The monoisotopic (exact) mass is 483 g/mol. The van der Waals surface area contributed by atoms with E-state index in [2.05, 4.69) is 26.7 Å². The number of hydrogen-bond acceptors (Lipinski definition) is 7. The highest BCUT2D eigenvalue weighted by Crippen LogP contribution is 2.57. The molecule has 0 atom stereocenters. The molecule has 9 heteroatoms. The maximum absolute atomic E-state index is 14.6. The Kier molecular flexibility index (Phi) is 6.12. The number of anilines is 5. The Morgan fingerprint density at radius 1 is 1.19 bits per heavy atom. The largest absolute Gasteiger partial charge is 0.338 e. The van der Waals surface area contributed by atoms with Crippen molar-refractivity contribution in [3.8, 4) is 6.07 Å². The standard InChI is InChI=1S/C27H26FN7O/c1-34(2)13-3-4-24(36)35-17-27(11-12-27)21-10-9-20(14-23(21)35)31-25-22(28)16-30-26(33-25)32-19-7-5-18(15-29)6-8-19/h3-10,14,16H,11-13,17H2,1-2H3,(H2,30,31,32,33)/b4-3+. The van der Waals surface area contributed by atoms with Gasteiger partial charge >= 0.3 is 0 Å². The Hall–Kier alpha value is -4.29. The van der Waals surface area contributed by atoms with Gasteiger partial charge in [-0.25, -0.2) is 9.37 Å². The van der Waals surface area contributed by atoms with E-state index in [9.17, 15) is 9.18 Å². The molecule has 1 spiro atoms. The smallest absolute Gasteiger partial charge is 0.250 e. The van der Waals surface area contributed by atoms with Crippen LogP contribution in [0, 0.1) is 17.1 Å². The van der Waals surface area contributed by atoms with Crippen LogP contribution in [0.5, 0.6) is 0 Å². The number of aromatic nitrogens is 2. The van der Waals surface area contributed by atoms with Crippen LogP contribution in [0.25, 0.3) is 0 Å². The van der Waals surface area contributed by atoms with E-state index in [0.717, 1.165) is 30.3 Å². The van der Waals surface area contributed by atoms with Gasteiger partial charge in [-0.15, -0.1) is 0 Å². The molecule has 0 saturated heterocycles. The van der Waals surface area contributed by atoms with Crippen LogP contribution in [0.15, 0.2) is 60.8 Å². The number of rotatable bonds is 7. The first-order valence-electron chi connectivity index (χ1n) is 11.7. The summed E-state index contributed by atoms with van der Waals surface area (Å²) in [6, 6.07) is 14.7. The van der Waals surface area contributed by atoms with Gasteiger partial charge in [0.1, 0.15) is 0 Å². The first-order chi connectivity index (χ1) is 17.4. The second-order valence-electron chi connectivity index (χ2n) is 9.43. The molecule has 3 aromatic rings. The molecule has 2 N–H and O–H groups in total. The Balaban J connectivity index is 1.37. The van der Waals surface area contributed by atoms with Crippen LogP contribution in [0.1, 0.15) is 24.0 Å². The number of halogens is 1. The molecule has 1 saturated carbocycles. The van der Waals surface area contributed by atoms with Crippen molar-refractivity contribution in [1.82, 2.24) is 14.9 Å². The summed E-state index contributed by atoms with van der Waals surface area (Å²) in [5, 5.41) is 15.0. The molecule has 1 aromatic heterocycles. The molecule has 36 heavy (non-hydrogen) atoms. The Morgan fingerprint density at radius 2 is 1.94 bits per heavy atom. The van der Waals surface area contributed by atoms with Crippen LogP contribution < -0.4 is 15.5 Å². The molecule has 1 aliphatic heterocycles. The molecule has 2 heterocycles. The van der Waals surface area contributed by atoms with Gasteiger partial charge in [0.05, 0.1) is 17.8 Å². The van der Waals surface area contributed by atoms with E-state index in [4.69, 9.17) is 5.26 Å². The number of carbonyl (C=O) groups excluding carboxylic acids is 1. The molecule has 1 fully saturated rings. The third kappa shape index (κ3) is 4.76. The average Bonchev–Trinajstić information content (AvgIpc) is 3.57. The Morgan fingerprint density at radius 3 is 2.64 bits per heavy atom. The molecule has 1 amide bonds. The fourth-order valence-electron chi connectivity index (χ4n) is 4.39. The number of nitrogens with one attached hydrogen (secondary N) is 2. The molecule has 0 unspecified atom stereocenters. The summed E-state index contributed by atoms with van der Waals surface area (Å²) in [6.07, 6.45) is 6.70. The Bertz CT molecular complexity index is 1370. The number of amides is 1. The van der Waals surface area contributed by atoms with Crippen LogP contribution in [0.4, 0.5) is 33.2 Å². The third-order valence-corrected chi connectivity index (χ3v) is 6.45. The summed E-state index contributed by atoms with van der Waals surface area (Å²) in [7, 11) is 3.91. The summed E-state index contributed by atoms with van der Waals surface area (Å²) in [6.45, 7) is 1.35. The molecule has 2 aliphatic rings. The second kappa shape index (κ2) is 9.40. The van der Waals surface area contributed by atoms with Gasteiger partial charge in [-0.3, -0.25) is 4.79 Å². The van der Waals surface area contributed by atoms with Crippen molar-refractivity contribution in [1.29, 1.82) is 5.26 Å². The summed E-state index contributed by atoms with van der Waals surface area (Å²) < 4.78 is 14.6. The summed E-state index contributed by atoms with van der Waals surface area (Å²) in [4.78, 5) is 25.1. The zero-order valence-corrected chi connectivity index (χ0v) is 20.1. The van der Waals surface area contributed by atoms with Gasteiger partial charge in [0.25, 0.3) is 5.91 Å². The molecule has 0 radical (unpaired) electrons. The van der Waals surface area contributed by atoms with Gasteiger partial charge in [0.15, 0.2) is 11.6 Å². The highest BCUT2D eigenvalue weighted by molar-refractivity contribution is 6.04. The van der Waals surface area contributed by atoms with Crippen LogP contribution in [-0.4, -0.2) is 48.0 Å². The highest BCUT2D eigenvalue weighted by Gasteiger charge is 2.52. The summed E-state index contributed by atoms with van der Waals surface area (Å²) >= 11 is 0. The minimum atomic E-state index is -0.598. The lowest BCUT2D eigenvalue weighted by Crippen LogP contribution is -2.30. The molecule has 2 aromatic carbocycles. The lowest BCUT2D eigenvalue weighted by Gasteiger charge is -2.17. The average molecular weight is 484 g/mol. The number of benzene rings is 2. The van der Waals surface area contributed by atoms with Crippen molar-refractivity contribution in [3.05, 3.63) is 77.8 Å². The lowest BCUT2D eigenvalue weighted by atomic mass is 9.98. The minimum Gasteiger partial charge on any atom is -0.338 e. The van der Waals surface area contributed by atoms with Crippen molar-refractivity contribution in [2.24, 2.45) is 0 Å². The number of nitrogens with zero attached hydrogens (tertiary/aromatic N) is 5.